The molecule has 0 saturated carbocycles. The standard InChI is InChI=1S/C33H70NO/c1-4-6-8-10-12-14-16-17-18-19-20-21-23-25-27-29-31-34(3,32-33-35)30-28-26-24-22-15-13-11-9-7-5-2/h35H,4-33H2,1-3H3/q+1. The summed E-state index contributed by atoms with van der Waals surface area (Å²) >= 11 is 0. The second kappa shape index (κ2) is 28.5. The fraction of sp³-hybridized carbons (Fsp3) is 1.00. The number of rotatable bonds is 30. The van der Waals surface area contributed by atoms with E-state index in [0.717, 1.165) is 11.0 Å². The molecule has 1 N–H and O–H groups in total. The largest absolute Gasteiger partial charge is 0.391 e. The summed E-state index contributed by atoms with van der Waals surface area (Å²) < 4.78 is 1.09. The lowest BCUT2D eigenvalue weighted by atomic mass is 10.0. The van der Waals surface area contributed by atoms with Gasteiger partial charge in [-0.2, -0.15) is 0 Å². The highest BCUT2D eigenvalue weighted by atomic mass is 16.3. The zero-order chi connectivity index (χ0) is 25.7. The summed E-state index contributed by atoms with van der Waals surface area (Å²) in [6.45, 7) is 8.40. The molecular formula is C33H70NO+. The summed E-state index contributed by atoms with van der Waals surface area (Å²) in [5, 5.41) is 9.58. The maximum Gasteiger partial charge on any atom is 0.102 e. The van der Waals surface area contributed by atoms with Gasteiger partial charge in [0.15, 0.2) is 0 Å². The van der Waals surface area contributed by atoms with E-state index >= 15 is 0 Å². The molecule has 0 aliphatic rings. The lowest BCUT2D eigenvalue weighted by Crippen LogP contribution is -2.47. The van der Waals surface area contributed by atoms with Gasteiger partial charge in [-0.15, -0.1) is 0 Å². The predicted octanol–water partition coefficient (Wildman–Crippen LogP) is 10.6. The Balaban J connectivity index is 3.51. The lowest BCUT2D eigenvalue weighted by molar-refractivity contribution is -0.910. The van der Waals surface area contributed by atoms with Gasteiger partial charge in [-0.1, -0.05) is 155 Å². The molecule has 0 amide bonds. The molecule has 0 radical (unpaired) electrons. The first-order chi connectivity index (χ1) is 17.2. The Morgan fingerprint density at radius 1 is 0.343 bits per heavy atom. The van der Waals surface area contributed by atoms with Crippen LogP contribution in [0.25, 0.3) is 0 Å². The van der Waals surface area contributed by atoms with Gasteiger partial charge in [0.2, 0.25) is 0 Å². The average molecular weight is 497 g/mol. The van der Waals surface area contributed by atoms with Crippen LogP contribution in [0.1, 0.15) is 181 Å². The zero-order valence-corrected chi connectivity index (χ0v) is 25.1. The van der Waals surface area contributed by atoms with E-state index in [4.69, 9.17) is 0 Å². The third kappa shape index (κ3) is 26.8. The first-order valence-corrected chi connectivity index (χ1v) is 16.6. The van der Waals surface area contributed by atoms with Crippen LogP contribution >= 0.6 is 0 Å². The molecule has 0 aliphatic heterocycles. The Morgan fingerprint density at radius 3 is 0.800 bits per heavy atom. The Bertz CT molecular complexity index is 385. The summed E-state index contributed by atoms with van der Waals surface area (Å²) in [6, 6.07) is 0. The van der Waals surface area contributed by atoms with Gasteiger partial charge in [-0.3, -0.25) is 0 Å². The van der Waals surface area contributed by atoms with Gasteiger partial charge in [0.1, 0.15) is 6.54 Å². The molecule has 0 rings (SSSR count). The third-order valence-electron chi connectivity index (χ3n) is 8.24. The molecule has 1 atom stereocenters. The molecule has 0 aromatic rings. The number of unbranched alkanes of at least 4 members (excludes halogenated alkanes) is 24. The lowest BCUT2D eigenvalue weighted by Gasteiger charge is -2.34. The maximum atomic E-state index is 9.58. The summed E-state index contributed by atoms with van der Waals surface area (Å²) in [7, 11) is 2.38. The number of aliphatic hydroxyl groups excluding tert-OH is 1. The van der Waals surface area contributed by atoms with E-state index in [-0.39, 0.29) is 0 Å². The van der Waals surface area contributed by atoms with Crippen molar-refractivity contribution in [2.75, 3.05) is 33.3 Å². The van der Waals surface area contributed by atoms with Gasteiger partial charge in [-0.05, 0) is 25.7 Å². The highest BCUT2D eigenvalue weighted by molar-refractivity contribution is 4.52. The minimum absolute atomic E-state index is 0.340. The molecule has 0 bridgehead atoms. The van der Waals surface area contributed by atoms with Crippen molar-refractivity contribution in [1.82, 2.24) is 0 Å². The van der Waals surface area contributed by atoms with Gasteiger partial charge in [-0.25, -0.2) is 0 Å². The highest BCUT2D eigenvalue weighted by Gasteiger charge is 2.19. The number of hydrogen-bond acceptors (Lipinski definition) is 1. The van der Waals surface area contributed by atoms with Crippen molar-refractivity contribution in [3.05, 3.63) is 0 Å². The Morgan fingerprint density at radius 2 is 0.571 bits per heavy atom. The first kappa shape index (κ1) is 34.9. The molecule has 2 nitrogen and oxygen atoms in total. The molecule has 0 heterocycles. The van der Waals surface area contributed by atoms with Crippen molar-refractivity contribution >= 4 is 0 Å². The monoisotopic (exact) mass is 497 g/mol. The van der Waals surface area contributed by atoms with Gasteiger partial charge in [0.25, 0.3) is 0 Å². The summed E-state index contributed by atoms with van der Waals surface area (Å²) in [5.41, 5.74) is 0. The van der Waals surface area contributed by atoms with E-state index in [1.807, 2.05) is 0 Å². The Hall–Kier alpha value is -0.0800. The fourth-order valence-electron chi connectivity index (χ4n) is 5.60. The van der Waals surface area contributed by atoms with E-state index in [9.17, 15) is 5.11 Å². The summed E-state index contributed by atoms with van der Waals surface area (Å²) in [6.07, 6.45) is 37.0. The third-order valence-corrected chi connectivity index (χ3v) is 8.24. The van der Waals surface area contributed by atoms with Crippen molar-refractivity contribution in [2.45, 2.75) is 181 Å². The van der Waals surface area contributed by atoms with Crippen LogP contribution in [0.15, 0.2) is 0 Å². The molecule has 0 aromatic carbocycles. The predicted molar refractivity (Wildman–Crippen MR) is 159 cm³/mol. The molecule has 0 saturated heterocycles. The minimum atomic E-state index is 0.340. The van der Waals surface area contributed by atoms with E-state index in [1.165, 1.54) is 180 Å². The summed E-state index contributed by atoms with van der Waals surface area (Å²) in [4.78, 5) is 0. The van der Waals surface area contributed by atoms with Crippen molar-refractivity contribution in [3.8, 4) is 0 Å². The zero-order valence-electron chi connectivity index (χ0n) is 25.1. The van der Waals surface area contributed by atoms with Gasteiger partial charge >= 0.3 is 0 Å². The van der Waals surface area contributed by atoms with Crippen LogP contribution in [0.3, 0.4) is 0 Å². The van der Waals surface area contributed by atoms with Crippen molar-refractivity contribution in [1.29, 1.82) is 0 Å². The quantitative estimate of drug-likeness (QED) is 0.0774. The van der Waals surface area contributed by atoms with Crippen molar-refractivity contribution in [3.63, 3.8) is 0 Å². The number of nitrogens with zero attached hydrogens (tertiary/aromatic N) is 1. The van der Waals surface area contributed by atoms with E-state index in [2.05, 4.69) is 20.9 Å². The van der Waals surface area contributed by atoms with Gasteiger partial charge in [0, 0.05) is 0 Å². The second-order valence-electron chi connectivity index (χ2n) is 12.0. The molecular weight excluding hydrogens is 426 g/mol. The van der Waals surface area contributed by atoms with Crippen molar-refractivity contribution < 1.29 is 9.59 Å². The van der Waals surface area contributed by atoms with Crippen LogP contribution in [0.4, 0.5) is 0 Å². The molecule has 0 fully saturated rings. The summed E-state index contributed by atoms with van der Waals surface area (Å²) in [5.74, 6) is 0. The molecule has 0 aliphatic carbocycles. The van der Waals surface area contributed by atoms with Crippen LogP contribution in [0.5, 0.6) is 0 Å². The maximum absolute atomic E-state index is 9.58. The highest BCUT2D eigenvalue weighted by Crippen LogP contribution is 2.16. The second-order valence-corrected chi connectivity index (χ2v) is 12.0. The minimum Gasteiger partial charge on any atom is -0.391 e. The average Bonchev–Trinajstić information content (AvgIpc) is 2.85. The Kier molecular flexibility index (Phi) is 28.4. The van der Waals surface area contributed by atoms with Crippen LogP contribution in [-0.2, 0) is 0 Å². The fourth-order valence-corrected chi connectivity index (χ4v) is 5.60. The van der Waals surface area contributed by atoms with Crippen LogP contribution < -0.4 is 0 Å². The normalized spacial score (nSPS) is 13.4. The SMILES string of the molecule is CCCCCCCCCCCCCCCCCC[N+](C)(CCO)CCCCCCCCCCCC. The topological polar surface area (TPSA) is 20.2 Å². The van der Waals surface area contributed by atoms with E-state index < -0.39 is 0 Å². The molecule has 0 aromatic heterocycles. The molecule has 212 valence electrons. The van der Waals surface area contributed by atoms with Crippen LogP contribution in [0.2, 0.25) is 0 Å². The number of quaternary nitrogens is 1. The molecule has 1 unspecified atom stereocenters. The van der Waals surface area contributed by atoms with E-state index in [0.29, 0.717) is 6.61 Å². The van der Waals surface area contributed by atoms with Gasteiger partial charge in [0.05, 0.1) is 26.7 Å². The Labute approximate surface area is 223 Å². The van der Waals surface area contributed by atoms with Crippen LogP contribution in [0, 0.1) is 0 Å². The van der Waals surface area contributed by atoms with E-state index in [1.54, 1.807) is 0 Å². The molecule has 35 heavy (non-hydrogen) atoms. The van der Waals surface area contributed by atoms with Crippen LogP contribution in [-0.4, -0.2) is 42.9 Å². The first-order valence-electron chi connectivity index (χ1n) is 16.6. The smallest absolute Gasteiger partial charge is 0.102 e. The number of likely N-dealkylation sites (N-methyl/N-ethyl adjacent to an activating group) is 1. The number of hydrogen-bond donors (Lipinski definition) is 1. The number of aliphatic hydroxyl groups is 1. The van der Waals surface area contributed by atoms with Crippen molar-refractivity contribution in [2.24, 2.45) is 0 Å². The van der Waals surface area contributed by atoms with Gasteiger partial charge < -0.3 is 9.59 Å². The molecule has 0 spiro atoms. The molecule has 2 heteroatoms.